The van der Waals surface area contributed by atoms with Crippen LogP contribution in [-0.4, -0.2) is 16.8 Å². The molecule has 4 rings (SSSR count). The van der Waals surface area contributed by atoms with E-state index in [1.165, 1.54) is 17.0 Å². The second kappa shape index (κ2) is 8.83. The van der Waals surface area contributed by atoms with E-state index in [4.69, 9.17) is 4.74 Å². The molecule has 1 fully saturated rings. The number of hydrogen-bond acceptors (Lipinski definition) is 3. The van der Waals surface area contributed by atoms with Gasteiger partial charge in [-0.3, -0.25) is 9.69 Å². The molecule has 1 N–H and O–H groups in total. The summed E-state index contributed by atoms with van der Waals surface area (Å²) in [6, 6.07) is 20.6. The zero-order chi connectivity index (χ0) is 21.8. The third-order valence-electron chi connectivity index (χ3n) is 4.90. The Bertz CT molecular complexity index is 1140. The molecular weight excluding hydrogens is 395 g/mol. The molecule has 0 aliphatic carbocycles. The van der Waals surface area contributed by atoms with E-state index in [2.05, 4.69) is 5.32 Å². The van der Waals surface area contributed by atoms with Crippen molar-refractivity contribution in [1.82, 2.24) is 10.2 Å². The smallest absolute Gasteiger partial charge is 0.329 e. The molecular formula is C25H21FN2O3. The summed E-state index contributed by atoms with van der Waals surface area (Å²) in [6.07, 6.45) is 1.64. The van der Waals surface area contributed by atoms with E-state index in [1.54, 1.807) is 42.5 Å². The van der Waals surface area contributed by atoms with Crippen molar-refractivity contribution in [2.75, 3.05) is 0 Å². The first-order valence-electron chi connectivity index (χ1n) is 9.85. The lowest BCUT2D eigenvalue weighted by Gasteiger charge is -2.12. The molecule has 1 aliphatic heterocycles. The van der Waals surface area contributed by atoms with Crippen LogP contribution in [0.5, 0.6) is 5.75 Å². The molecule has 5 nitrogen and oxygen atoms in total. The summed E-state index contributed by atoms with van der Waals surface area (Å²) in [4.78, 5) is 26.2. The number of aryl methyl sites for hydroxylation is 1. The summed E-state index contributed by atoms with van der Waals surface area (Å²) in [6.45, 7) is 2.51. The number of amides is 3. The van der Waals surface area contributed by atoms with Crippen LogP contribution in [-0.2, 0) is 17.9 Å². The highest BCUT2D eigenvalue weighted by Gasteiger charge is 2.33. The van der Waals surface area contributed by atoms with Crippen molar-refractivity contribution in [2.24, 2.45) is 0 Å². The highest BCUT2D eigenvalue weighted by molar-refractivity contribution is 6.13. The van der Waals surface area contributed by atoms with Crippen molar-refractivity contribution in [1.29, 1.82) is 0 Å². The number of halogens is 1. The lowest BCUT2D eigenvalue weighted by Crippen LogP contribution is -2.30. The predicted octanol–water partition coefficient (Wildman–Crippen LogP) is 4.81. The highest BCUT2D eigenvalue weighted by atomic mass is 19.1. The molecule has 6 heteroatoms. The normalized spacial score (nSPS) is 14.8. The third-order valence-corrected chi connectivity index (χ3v) is 4.90. The van der Waals surface area contributed by atoms with Crippen molar-refractivity contribution in [3.05, 3.63) is 107 Å². The van der Waals surface area contributed by atoms with Crippen LogP contribution in [0.15, 0.2) is 78.5 Å². The molecule has 0 saturated carbocycles. The number of rotatable bonds is 6. The minimum atomic E-state index is -0.433. The molecule has 0 radical (unpaired) electrons. The zero-order valence-electron chi connectivity index (χ0n) is 17.0. The Morgan fingerprint density at radius 3 is 2.42 bits per heavy atom. The van der Waals surface area contributed by atoms with E-state index in [0.29, 0.717) is 12.4 Å². The summed E-state index contributed by atoms with van der Waals surface area (Å²) in [5, 5.41) is 2.64. The highest BCUT2D eigenvalue weighted by Crippen LogP contribution is 2.20. The molecule has 3 aromatic carbocycles. The van der Waals surface area contributed by atoms with Gasteiger partial charge in [0.25, 0.3) is 5.91 Å². The third kappa shape index (κ3) is 4.98. The summed E-state index contributed by atoms with van der Waals surface area (Å²) < 4.78 is 18.7. The van der Waals surface area contributed by atoms with Crippen LogP contribution < -0.4 is 10.1 Å². The molecule has 0 atom stereocenters. The van der Waals surface area contributed by atoms with E-state index in [1.807, 2.05) is 31.2 Å². The number of ether oxygens (including phenoxy) is 1. The Morgan fingerprint density at radius 2 is 1.71 bits per heavy atom. The van der Waals surface area contributed by atoms with E-state index in [9.17, 15) is 14.0 Å². The lowest BCUT2D eigenvalue weighted by molar-refractivity contribution is -0.123. The minimum absolute atomic E-state index is 0.222. The van der Waals surface area contributed by atoms with Crippen molar-refractivity contribution >= 4 is 18.0 Å². The fourth-order valence-electron chi connectivity index (χ4n) is 3.28. The van der Waals surface area contributed by atoms with Gasteiger partial charge >= 0.3 is 6.03 Å². The first kappa shape index (κ1) is 20.3. The van der Waals surface area contributed by atoms with Gasteiger partial charge in [0.05, 0.1) is 6.54 Å². The van der Waals surface area contributed by atoms with Crippen LogP contribution in [0.1, 0.15) is 22.3 Å². The maximum absolute atomic E-state index is 13.0. The quantitative estimate of drug-likeness (QED) is 0.464. The van der Waals surface area contributed by atoms with E-state index in [-0.39, 0.29) is 24.0 Å². The Morgan fingerprint density at radius 1 is 0.968 bits per heavy atom. The van der Waals surface area contributed by atoms with Crippen molar-refractivity contribution in [3.63, 3.8) is 0 Å². The number of carbonyl (C=O) groups is 2. The molecule has 3 aromatic rings. The zero-order valence-corrected chi connectivity index (χ0v) is 17.0. The second-order valence-corrected chi connectivity index (χ2v) is 7.35. The monoisotopic (exact) mass is 416 g/mol. The van der Waals surface area contributed by atoms with Gasteiger partial charge in [0, 0.05) is 0 Å². The fourth-order valence-corrected chi connectivity index (χ4v) is 3.28. The molecule has 3 amide bonds. The number of nitrogens with zero attached hydrogens (tertiary/aromatic N) is 1. The van der Waals surface area contributed by atoms with Gasteiger partial charge in [0.15, 0.2) is 0 Å². The van der Waals surface area contributed by atoms with Crippen LogP contribution >= 0.6 is 0 Å². The lowest BCUT2D eigenvalue weighted by atomic mass is 10.1. The molecule has 0 spiro atoms. The van der Waals surface area contributed by atoms with Gasteiger partial charge in [-0.1, -0.05) is 54.1 Å². The summed E-state index contributed by atoms with van der Waals surface area (Å²) >= 11 is 0. The average Bonchev–Trinajstić information content (AvgIpc) is 3.02. The fraction of sp³-hybridized carbons (Fsp3) is 0.120. The number of hydrogen-bond donors (Lipinski definition) is 1. The Kier molecular flexibility index (Phi) is 5.80. The number of carbonyl (C=O) groups excluding carboxylic acids is 2. The average molecular weight is 416 g/mol. The molecule has 31 heavy (non-hydrogen) atoms. The van der Waals surface area contributed by atoms with Gasteiger partial charge in [-0.15, -0.1) is 0 Å². The van der Waals surface area contributed by atoms with Crippen LogP contribution in [0.25, 0.3) is 6.08 Å². The predicted molar refractivity (Wildman–Crippen MR) is 115 cm³/mol. The first-order valence-corrected chi connectivity index (χ1v) is 9.85. The largest absolute Gasteiger partial charge is 0.489 e. The second-order valence-electron chi connectivity index (χ2n) is 7.35. The summed E-state index contributed by atoms with van der Waals surface area (Å²) in [5.41, 5.74) is 3.82. The number of imide groups is 1. The standard InChI is InChI=1S/C25H21FN2O3/c1-17-3-2-4-20(13-17)15-28-24(29)23(27-25(28)30)14-18-7-11-22(12-8-18)31-16-19-5-9-21(26)10-6-19/h2-14H,15-16H2,1H3,(H,27,30)/b23-14+. The molecule has 0 aromatic heterocycles. The SMILES string of the molecule is Cc1cccc(CN2C(=O)N/C(=C/c3ccc(OCc4ccc(F)cc4)cc3)C2=O)c1. The molecule has 0 unspecified atom stereocenters. The summed E-state index contributed by atoms with van der Waals surface area (Å²) in [7, 11) is 0. The molecule has 0 bridgehead atoms. The molecule has 156 valence electrons. The van der Waals surface area contributed by atoms with Crippen LogP contribution in [0, 0.1) is 12.7 Å². The van der Waals surface area contributed by atoms with Crippen LogP contribution in [0.3, 0.4) is 0 Å². The van der Waals surface area contributed by atoms with Gasteiger partial charge < -0.3 is 10.1 Å². The maximum Gasteiger partial charge on any atom is 0.329 e. The number of urea groups is 1. The maximum atomic E-state index is 13.0. The Labute approximate surface area is 179 Å². The van der Waals surface area contributed by atoms with E-state index in [0.717, 1.165) is 22.3 Å². The Balaban J connectivity index is 1.40. The van der Waals surface area contributed by atoms with Crippen LogP contribution in [0.2, 0.25) is 0 Å². The topological polar surface area (TPSA) is 58.6 Å². The minimum Gasteiger partial charge on any atom is -0.489 e. The van der Waals surface area contributed by atoms with Gasteiger partial charge in [0.2, 0.25) is 0 Å². The van der Waals surface area contributed by atoms with Crippen molar-refractivity contribution in [2.45, 2.75) is 20.1 Å². The number of benzene rings is 3. The number of nitrogens with one attached hydrogen (secondary N) is 1. The van der Waals surface area contributed by atoms with E-state index >= 15 is 0 Å². The Hall–Kier alpha value is -3.93. The van der Waals surface area contributed by atoms with Gasteiger partial charge in [-0.25, -0.2) is 9.18 Å². The van der Waals surface area contributed by atoms with Crippen molar-refractivity contribution < 1.29 is 18.7 Å². The van der Waals surface area contributed by atoms with Crippen molar-refractivity contribution in [3.8, 4) is 5.75 Å². The van der Waals surface area contributed by atoms with Gasteiger partial charge in [0.1, 0.15) is 23.9 Å². The molecule has 1 aliphatic rings. The van der Waals surface area contributed by atoms with E-state index < -0.39 is 6.03 Å². The summed E-state index contributed by atoms with van der Waals surface area (Å²) in [5.74, 6) is 0.00427. The molecule has 1 saturated heterocycles. The van der Waals surface area contributed by atoms with Crippen LogP contribution in [0.4, 0.5) is 9.18 Å². The molecule has 1 heterocycles. The van der Waals surface area contributed by atoms with Gasteiger partial charge in [-0.2, -0.15) is 0 Å². The first-order chi connectivity index (χ1) is 15.0. The van der Waals surface area contributed by atoms with Gasteiger partial charge in [-0.05, 0) is 54.0 Å².